The molecule has 0 spiro atoms. The zero-order valence-electron chi connectivity index (χ0n) is 12.3. The van der Waals surface area contributed by atoms with Gasteiger partial charge in [0.1, 0.15) is 18.2 Å². The van der Waals surface area contributed by atoms with Crippen LogP contribution in [0, 0.1) is 5.82 Å². The number of nitrogens with zero attached hydrogens (tertiary/aromatic N) is 1. The van der Waals surface area contributed by atoms with Crippen LogP contribution >= 0.6 is 0 Å². The van der Waals surface area contributed by atoms with Crippen molar-refractivity contribution < 1.29 is 18.7 Å². The van der Waals surface area contributed by atoms with Crippen LogP contribution in [0.25, 0.3) is 0 Å². The lowest BCUT2D eigenvalue weighted by atomic mass is 10.1. The van der Waals surface area contributed by atoms with Crippen LogP contribution in [0.2, 0.25) is 0 Å². The van der Waals surface area contributed by atoms with E-state index in [4.69, 9.17) is 10.5 Å². The van der Waals surface area contributed by atoms with E-state index in [1.54, 1.807) is 30.3 Å². The first-order valence-electron chi connectivity index (χ1n) is 7.10. The molecule has 0 aromatic heterocycles. The van der Waals surface area contributed by atoms with Gasteiger partial charge in [0.15, 0.2) is 0 Å². The number of carbonyl (C=O) groups is 2. The van der Waals surface area contributed by atoms with Crippen LogP contribution in [0.5, 0.6) is 5.75 Å². The van der Waals surface area contributed by atoms with Gasteiger partial charge in [0, 0.05) is 12.1 Å². The third-order valence-corrected chi connectivity index (χ3v) is 3.60. The molecule has 0 atom stereocenters. The molecule has 5 nitrogen and oxygen atoms in total. The normalized spacial score (nSPS) is 13.1. The SMILES string of the molecule is NC(=O)CN1Cc2cc(OCc3cccc(F)c3)ccc2C1=O. The lowest BCUT2D eigenvalue weighted by molar-refractivity contribution is -0.118. The summed E-state index contributed by atoms with van der Waals surface area (Å²) in [4.78, 5) is 24.5. The quantitative estimate of drug-likeness (QED) is 0.915. The van der Waals surface area contributed by atoms with E-state index in [-0.39, 0.29) is 24.9 Å². The number of ether oxygens (including phenoxy) is 1. The Morgan fingerprint density at radius 3 is 2.83 bits per heavy atom. The second-order valence-corrected chi connectivity index (χ2v) is 5.37. The van der Waals surface area contributed by atoms with Gasteiger partial charge in [-0.15, -0.1) is 0 Å². The van der Waals surface area contributed by atoms with Crippen molar-refractivity contribution in [3.8, 4) is 5.75 Å². The van der Waals surface area contributed by atoms with E-state index in [0.29, 0.717) is 17.9 Å². The molecule has 2 aromatic carbocycles. The van der Waals surface area contributed by atoms with E-state index in [1.807, 2.05) is 0 Å². The molecule has 0 saturated carbocycles. The average Bonchev–Trinajstić information content (AvgIpc) is 2.80. The highest BCUT2D eigenvalue weighted by Gasteiger charge is 2.28. The zero-order chi connectivity index (χ0) is 16.4. The van der Waals surface area contributed by atoms with E-state index in [1.165, 1.54) is 17.0 Å². The highest BCUT2D eigenvalue weighted by atomic mass is 19.1. The van der Waals surface area contributed by atoms with Gasteiger partial charge < -0.3 is 15.4 Å². The first-order chi connectivity index (χ1) is 11.0. The van der Waals surface area contributed by atoms with Crippen LogP contribution < -0.4 is 10.5 Å². The second kappa shape index (κ2) is 6.08. The first-order valence-corrected chi connectivity index (χ1v) is 7.10. The summed E-state index contributed by atoms with van der Waals surface area (Å²) < 4.78 is 18.8. The predicted molar refractivity (Wildman–Crippen MR) is 81.1 cm³/mol. The Morgan fingerprint density at radius 2 is 2.09 bits per heavy atom. The monoisotopic (exact) mass is 314 g/mol. The maximum atomic E-state index is 13.1. The van der Waals surface area contributed by atoms with Gasteiger partial charge in [0.2, 0.25) is 5.91 Å². The van der Waals surface area contributed by atoms with Crippen LogP contribution in [0.4, 0.5) is 4.39 Å². The molecule has 6 heteroatoms. The summed E-state index contributed by atoms with van der Waals surface area (Å²) in [6.07, 6.45) is 0. The van der Waals surface area contributed by atoms with Crippen molar-refractivity contribution in [1.82, 2.24) is 4.90 Å². The number of benzene rings is 2. The molecular formula is C17H15FN2O3. The summed E-state index contributed by atoms with van der Waals surface area (Å²) in [7, 11) is 0. The van der Waals surface area contributed by atoms with Crippen LogP contribution in [0.1, 0.15) is 21.5 Å². The number of halogens is 1. The van der Waals surface area contributed by atoms with Crippen molar-refractivity contribution in [3.63, 3.8) is 0 Å². The van der Waals surface area contributed by atoms with Gasteiger partial charge in [-0.05, 0) is 41.5 Å². The van der Waals surface area contributed by atoms with Gasteiger partial charge >= 0.3 is 0 Å². The van der Waals surface area contributed by atoms with Crippen molar-refractivity contribution in [2.24, 2.45) is 5.73 Å². The molecule has 0 bridgehead atoms. The van der Waals surface area contributed by atoms with E-state index < -0.39 is 5.91 Å². The fourth-order valence-corrected chi connectivity index (χ4v) is 2.56. The van der Waals surface area contributed by atoms with Gasteiger partial charge in [-0.25, -0.2) is 4.39 Å². The molecule has 118 valence electrons. The molecule has 1 aliphatic rings. The molecule has 1 aliphatic heterocycles. The number of rotatable bonds is 5. The fourth-order valence-electron chi connectivity index (χ4n) is 2.56. The maximum Gasteiger partial charge on any atom is 0.254 e. The summed E-state index contributed by atoms with van der Waals surface area (Å²) in [6, 6.07) is 11.3. The Balaban J connectivity index is 1.71. The largest absolute Gasteiger partial charge is 0.489 e. The highest BCUT2D eigenvalue weighted by molar-refractivity contribution is 6.00. The molecule has 2 aromatic rings. The third-order valence-electron chi connectivity index (χ3n) is 3.60. The second-order valence-electron chi connectivity index (χ2n) is 5.37. The van der Waals surface area contributed by atoms with Crippen molar-refractivity contribution >= 4 is 11.8 Å². The van der Waals surface area contributed by atoms with Gasteiger partial charge in [0.25, 0.3) is 5.91 Å². The molecule has 3 rings (SSSR count). The third kappa shape index (κ3) is 3.31. The summed E-state index contributed by atoms with van der Waals surface area (Å²) >= 11 is 0. The molecule has 0 saturated heterocycles. The van der Waals surface area contributed by atoms with Crippen molar-refractivity contribution in [2.45, 2.75) is 13.2 Å². The summed E-state index contributed by atoms with van der Waals surface area (Å²) in [5.74, 6) is -0.487. The smallest absolute Gasteiger partial charge is 0.254 e. The number of hydrogen-bond donors (Lipinski definition) is 1. The molecular weight excluding hydrogens is 299 g/mol. The van der Waals surface area contributed by atoms with Gasteiger partial charge in [0.05, 0.1) is 6.54 Å². The minimum atomic E-state index is -0.547. The number of hydrogen-bond acceptors (Lipinski definition) is 3. The zero-order valence-corrected chi connectivity index (χ0v) is 12.3. The number of fused-ring (bicyclic) bond motifs is 1. The molecule has 0 radical (unpaired) electrons. The Hall–Kier alpha value is -2.89. The molecule has 23 heavy (non-hydrogen) atoms. The average molecular weight is 314 g/mol. The first kappa shape index (κ1) is 15.0. The summed E-state index contributed by atoms with van der Waals surface area (Å²) in [5, 5.41) is 0. The molecule has 0 unspecified atom stereocenters. The fraction of sp³-hybridized carbons (Fsp3) is 0.176. The van der Waals surface area contributed by atoms with Crippen molar-refractivity contribution in [1.29, 1.82) is 0 Å². The van der Waals surface area contributed by atoms with Gasteiger partial charge in [-0.1, -0.05) is 12.1 Å². The van der Waals surface area contributed by atoms with E-state index >= 15 is 0 Å². The Kier molecular flexibility index (Phi) is 3.97. The predicted octanol–water partition coefficient (Wildman–Crippen LogP) is 1.85. The Bertz CT molecular complexity index is 776. The van der Waals surface area contributed by atoms with Gasteiger partial charge in [-0.2, -0.15) is 0 Å². The van der Waals surface area contributed by atoms with Crippen molar-refractivity contribution in [2.75, 3.05) is 6.54 Å². The maximum absolute atomic E-state index is 13.1. The molecule has 0 fully saturated rings. The number of primary amides is 1. The minimum Gasteiger partial charge on any atom is -0.489 e. The van der Waals surface area contributed by atoms with Gasteiger partial charge in [-0.3, -0.25) is 9.59 Å². The Labute approximate surface area is 132 Å². The molecule has 2 amide bonds. The minimum absolute atomic E-state index is 0.104. The summed E-state index contributed by atoms with van der Waals surface area (Å²) in [5.41, 5.74) is 7.19. The number of amides is 2. The molecule has 2 N–H and O–H groups in total. The lowest BCUT2D eigenvalue weighted by Crippen LogP contribution is -2.33. The lowest BCUT2D eigenvalue weighted by Gasteiger charge is -2.12. The standard InChI is InChI=1S/C17H15FN2O3/c18-13-3-1-2-11(6-13)10-23-14-4-5-15-12(7-14)8-20(17(15)22)9-16(19)21/h1-7H,8-10H2,(H2,19,21). The van der Waals surface area contributed by atoms with Crippen molar-refractivity contribution in [3.05, 3.63) is 65.0 Å². The van der Waals surface area contributed by atoms with Crippen LogP contribution in [-0.4, -0.2) is 23.3 Å². The Morgan fingerprint density at radius 1 is 1.26 bits per heavy atom. The molecule has 0 aliphatic carbocycles. The van der Waals surface area contributed by atoms with Crippen LogP contribution in [0.3, 0.4) is 0 Å². The topological polar surface area (TPSA) is 72.6 Å². The van der Waals surface area contributed by atoms with E-state index in [0.717, 1.165) is 11.1 Å². The molecule has 1 heterocycles. The van der Waals surface area contributed by atoms with Crippen LogP contribution in [0.15, 0.2) is 42.5 Å². The number of carbonyl (C=O) groups excluding carboxylic acids is 2. The number of nitrogens with two attached hydrogens (primary N) is 1. The summed E-state index contributed by atoms with van der Waals surface area (Å²) in [6.45, 7) is 0.455. The van der Waals surface area contributed by atoms with Crippen LogP contribution in [-0.2, 0) is 17.9 Å². The van der Waals surface area contributed by atoms with E-state index in [2.05, 4.69) is 0 Å². The van der Waals surface area contributed by atoms with E-state index in [9.17, 15) is 14.0 Å². The highest BCUT2D eigenvalue weighted by Crippen LogP contribution is 2.27.